The zero-order valence-electron chi connectivity index (χ0n) is 18.7. The largest absolute Gasteiger partial charge is 0.493 e. The first-order chi connectivity index (χ1) is 16.5. The maximum atomic E-state index is 12.3. The van der Waals surface area contributed by atoms with Gasteiger partial charge >= 0.3 is 0 Å². The lowest BCUT2D eigenvalue weighted by Gasteiger charge is -2.11. The van der Waals surface area contributed by atoms with Crippen LogP contribution in [0.4, 0.5) is 5.69 Å². The van der Waals surface area contributed by atoms with Gasteiger partial charge in [-0.15, -0.1) is 0 Å². The van der Waals surface area contributed by atoms with Crippen LogP contribution in [0.25, 0.3) is 0 Å². The SMILES string of the molecule is COc1cc(/C=N\NC(=O)c2cccc(NC(C)=O)c2)ccc1OCc1ccc2c(c1)OCO2. The summed E-state index contributed by atoms with van der Waals surface area (Å²) >= 11 is 0. The van der Waals surface area contributed by atoms with Crippen molar-refractivity contribution in [3.63, 3.8) is 0 Å². The number of methoxy groups -OCH3 is 1. The summed E-state index contributed by atoms with van der Waals surface area (Å²) in [7, 11) is 1.55. The van der Waals surface area contributed by atoms with E-state index < -0.39 is 5.91 Å². The van der Waals surface area contributed by atoms with Gasteiger partial charge in [0.15, 0.2) is 23.0 Å². The molecule has 0 saturated carbocycles. The quantitative estimate of drug-likeness (QED) is 0.391. The zero-order valence-corrected chi connectivity index (χ0v) is 18.7. The van der Waals surface area contributed by atoms with Crippen LogP contribution in [0.5, 0.6) is 23.0 Å². The molecular formula is C25H23N3O6. The molecule has 9 heteroatoms. The number of carbonyl (C=O) groups is 2. The molecule has 1 aliphatic heterocycles. The molecule has 34 heavy (non-hydrogen) atoms. The van der Waals surface area contributed by atoms with Crippen molar-refractivity contribution in [1.29, 1.82) is 0 Å². The maximum absolute atomic E-state index is 12.3. The van der Waals surface area contributed by atoms with Crippen LogP contribution in [0.2, 0.25) is 0 Å². The average Bonchev–Trinajstić information content (AvgIpc) is 3.30. The van der Waals surface area contributed by atoms with E-state index >= 15 is 0 Å². The third kappa shape index (κ3) is 5.63. The fourth-order valence-electron chi connectivity index (χ4n) is 3.25. The molecule has 1 aliphatic rings. The van der Waals surface area contributed by atoms with Crippen LogP contribution in [0.15, 0.2) is 65.8 Å². The molecule has 0 aromatic heterocycles. The average molecular weight is 461 g/mol. The minimum Gasteiger partial charge on any atom is -0.493 e. The molecule has 0 atom stereocenters. The van der Waals surface area contributed by atoms with Crippen LogP contribution in [-0.2, 0) is 11.4 Å². The standard InChI is InChI=1S/C25H23N3O6/c1-16(29)27-20-5-3-4-19(12-20)25(30)28-26-13-17-6-8-21(23(10-17)31-2)32-14-18-7-9-22-24(11-18)34-15-33-22/h3-13H,14-15H2,1-2H3,(H,27,29)(H,28,30)/b26-13-. The van der Waals surface area contributed by atoms with Gasteiger partial charge in [0.05, 0.1) is 13.3 Å². The molecule has 0 spiro atoms. The monoisotopic (exact) mass is 461 g/mol. The molecule has 3 aromatic carbocycles. The van der Waals surface area contributed by atoms with Crippen LogP contribution in [0.1, 0.15) is 28.4 Å². The summed E-state index contributed by atoms with van der Waals surface area (Å²) in [5.41, 5.74) is 5.01. The zero-order chi connectivity index (χ0) is 23.9. The van der Waals surface area contributed by atoms with E-state index in [4.69, 9.17) is 18.9 Å². The van der Waals surface area contributed by atoms with Crippen molar-refractivity contribution >= 4 is 23.7 Å². The summed E-state index contributed by atoms with van der Waals surface area (Å²) in [6.45, 7) is 1.95. The topological polar surface area (TPSA) is 107 Å². The molecule has 1 heterocycles. The lowest BCUT2D eigenvalue weighted by molar-refractivity contribution is -0.114. The molecule has 0 bridgehead atoms. The van der Waals surface area contributed by atoms with Gasteiger partial charge < -0.3 is 24.3 Å². The number of hydrogen-bond donors (Lipinski definition) is 2. The Bertz CT molecular complexity index is 1240. The van der Waals surface area contributed by atoms with Crippen LogP contribution in [0.3, 0.4) is 0 Å². The summed E-state index contributed by atoms with van der Waals surface area (Å²) in [6.07, 6.45) is 1.50. The number of hydrazone groups is 1. The van der Waals surface area contributed by atoms with Crippen molar-refractivity contribution in [1.82, 2.24) is 5.43 Å². The summed E-state index contributed by atoms with van der Waals surface area (Å²) in [5, 5.41) is 6.64. The minimum absolute atomic E-state index is 0.215. The Morgan fingerprint density at radius 1 is 1.03 bits per heavy atom. The number of hydrogen-bond acceptors (Lipinski definition) is 7. The van der Waals surface area contributed by atoms with Crippen molar-refractivity contribution in [3.05, 3.63) is 77.4 Å². The molecule has 9 nitrogen and oxygen atoms in total. The normalized spacial score (nSPS) is 11.8. The van der Waals surface area contributed by atoms with E-state index in [1.165, 1.54) is 13.1 Å². The fourth-order valence-corrected chi connectivity index (χ4v) is 3.25. The van der Waals surface area contributed by atoms with Gasteiger partial charge in [-0.25, -0.2) is 5.43 Å². The number of benzene rings is 3. The number of fused-ring (bicyclic) bond motifs is 1. The van der Waals surface area contributed by atoms with E-state index in [2.05, 4.69) is 15.8 Å². The number of rotatable bonds is 8. The molecule has 0 unspecified atom stereocenters. The predicted molar refractivity (Wildman–Crippen MR) is 126 cm³/mol. The maximum Gasteiger partial charge on any atom is 0.271 e. The Morgan fingerprint density at radius 2 is 1.88 bits per heavy atom. The third-order valence-corrected chi connectivity index (χ3v) is 4.84. The van der Waals surface area contributed by atoms with Gasteiger partial charge in [0.1, 0.15) is 6.61 Å². The first-order valence-electron chi connectivity index (χ1n) is 10.4. The molecule has 174 valence electrons. The highest BCUT2D eigenvalue weighted by Crippen LogP contribution is 2.33. The second kappa shape index (κ2) is 10.4. The molecular weight excluding hydrogens is 438 g/mol. The van der Waals surface area contributed by atoms with Gasteiger partial charge in [-0.2, -0.15) is 5.10 Å². The predicted octanol–water partition coefficient (Wildman–Crippen LogP) is 3.73. The number of ether oxygens (including phenoxy) is 4. The first kappa shape index (κ1) is 22.7. The second-order valence-electron chi connectivity index (χ2n) is 7.35. The Labute approximate surface area is 196 Å². The van der Waals surface area contributed by atoms with Gasteiger partial charge in [0.25, 0.3) is 5.91 Å². The molecule has 4 rings (SSSR count). The Morgan fingerprint density at radius 3 is 2.71 bits per heavy atom. The van der Waals surface area contributed by atoms with Crippen LogP contribution >= 0.6 is 0 Å². The van der Waals surface area contributed by atoms with Gasteiger partial charge in [-0.05, 0) is 59.7 Å². The van der Waals surface area contributed by atoms with Gasteiger partial charge in [0.2, 0.25) is 12.7 Å². The molecule has 0 fully saturated rings. The van der Waals surface area contributed by atoms with E-state index in [1.807, 2.05) is 18.2 Å². The molecule has 2 N–H and O–H groups in total. The summed E-state index contributed by atoms with van der Waals surface area (Å²) in [4.78, 5) is 23.5. The van der Waals surface area contributed by atoms with Crippen LogP contribution in [0, 0.1) is 0 Å². The van der Waals surface area contributed by atoms with Crippen molar-refractivity contribution in [2.45, 2.75) is 13.5 Å². The third-order valence-electron chi connectivity index (χ3n) is 4.84. The summed E-state index contributed by atoms with van der Waals surface area (Å²) in [5.74, 6) is 1.89. The van der Waals surface area contributed by atoms with Gasteiger partial charge in [0, 0.05) is 18.2 Å². The molecule has 2 amide bonds. The highest BCUT2D eigenvalue weighted by molar-refractivity contribution is 5.97. The van der Waals surface area contributed by atoms with Gasteiger partial charge in [-0.1, -0.05) is 12.1 Å². The number of nitrogens with one attached hydrogen (secondary N) is 2. The van der Waals surface area contributed by atoms with Gasteiger partial charge in [-0.3, -0.25) is 9.59 Å². The number of carbonyl (C=O) groups excluding carboxylic acids is 2. The van der Waals surface area contributed by atoms with E-state index in [0.717, 1.165) is 11.3 Å². The van der Waals surface area contributed by atoms with E-state index in [0.29, 0.717) is 40.7 Å². The fraction of sp³-hybridized carbons (Fsp3) is 0.160. The highest BCUT2D eigenvalue weighted by atomic mass is 16.7. The number of anilines is 1. The highest BCUT2D eigenvalue weighted by Gasteiger charge is 2.14. The molecule has 0 aliphatic carbocycles. The molecule has 0 radical (unpaired) electrons. The van der Waals surface area contributed by atoms with Crippen molar-refractivity contribution in [2.75, 3.05) is 19.2 Å². The molecule has 0 saturated heterocycles. The van der Waals surface area contributed by atoms with Crippen molar-refractivity contribution in [3.8, 4) is 23.0 Å². The summed E-state index contributed by atoms with van der Waals surface area (Å²) < 4.78 is 22.1. The van der Waals surface area contributed by atoms with E-state index in [1.54, 1.807) is 49.6 Å². The lowest BCUT2D eigenvalue weighted by Crippen LogP contribution is -2.18. The van der Waals surface area contributed by atoms with Crippen LogP contribution in [-0.4, -0.2) is 31.9 Å². The van der Waals surface area contributed by atoms with E-state index in [9.17, 15) is 9.59 Å². The smallest absolute Gasteiger partial charge is 0.271 e. The molecule has 3 aromatic rings. The summed E-state index contributed by atoms with van der Waals surface area (Å²) in [6, 6.07) is 17.5. The Hall–Kier alpha value is -4.53. The Balaban J connectivity index is 1.36. The van der Waals surface area contributed by atoms with Crippen molar-refractivity contribution in [2.24, 2.45) is 5.10 Å². The minimum atomic E-state index is -0.404. The van der Waals surface area contributed by atoms with Crippen LogP contribution < -0.4 is 29.7 Å². The van der Waals surface area contributed by atoms with Crippen molar-refractivity contribution < 1.29 is 28.5 Å². The Kier molecular flexibility index (Phi) is 6.92. The first-order valence-corrected chi connectivity index (χ1v) is 10.4. The number of nitrogens with zero attached hydrogens (tertiary/aromatic N) is 1. The number of amides is 2. The lowest BCUT2D eigenvalue weighted by atomic mass is 10.2. The second-order valence-corrected chi connectivity index (χ2v) is 7.35. The van der Waals surface area contributed by atoms with E-state index in [-0.39, 0.29) is 12.7 Å².